The Hall–Kier alpha value is -2.49. The Balaban J connectivity index is 1.66. The van der Waals surface area contributed by atoms with E-state index in [-0.39, 0.29) is 6.02 Å². The summed E-state index contributed by atoms with van der Waals surface area (Å²) in [6, 6.07) is 11.7. The predicted octanol–water partition coefficient (Wildman–Crippen LogP) is 3.41. The smallest absolute Gasteiger partial charge is 0.283 e. The van der Waals surface area contributed by atoms with Crippen molar-refractivity contribution in [2.45, 2.75) is 30.4 Å². The van der Waals surface area contributed by atoms with Crippen LogP contribution in [0.2, 0.25) is 0 Å². The Morgan fingerprint density at radius 1 is 1.11 bits per heavy atom. The summed E-state index contributed by atoms with van der Waals surface area (Å²) in [6.45, 7) is 0.305. The second-order valence-corrected chi connectivity index (χ2v) is 8.10. The lowest BCUT2D eigenvalue weighted by molar-refractivity contribution is 0.0240. The molecule has 1 aliphatic carbocycles. The van der Waals surface area contributed by atoms with Crippen LogP contribution in [0, 0.1) is 11.8 Å². The maximum absolute atomic E-state index is 10.2. The number of halogens is 1. The second kappa shape index (κ2) is 5.75. The van der Waals surface area contributed by atoms with Crippen molar-refractivity contribution in [2.75, 3.05) is 6.61 Å². The maximum Gasteiger partial charge on any atom is 0.283 e. The fourth-order valence-corrected chi connectivity index (χ4v) is 4.09. The van der Waals surface area contributed by atoms with E-state index < -0.39 is 11.1 Å². The third-order valence-electron chi connectivity index (χ3n) is 5.38. The van der Waals surface area contributed by atoms with Crippen molar-refractivity contribution in [2.24, 2.45) is 10.7 Å². The molecule has 1 atom stereocenters. The quantitative estimate of drug-likeness (QED) is 0.635. The molecule has 0 saturated heterocycles. The number of benzene rings is 2. The van der Waals surface area contributed by atoms with Crippen LogP contribution >= 0.6 is 15.9 Å². The summed E-state index contributed by atoms with van der Waals surface area (Å²) in [5.74, 6) is 7.54. The van der Waals surface area contributed by atoms with E-state index in [2.05, 4.69) is 32.8 Å². The zero-order valence-electron chi connectivity index (χ0n) is 14.5. The molecule has 1 spiro atoms. The third-order valence-corrected chi connectivity index (χ3v) is 5.88. The minimum absolute atomic E-state index is 0.161. The fraction of sp³-hybridized carbons (Fsp3) is 0.286. The van der Waals surface area contributed by atoms with Gasteiger partial charge in [-0.2, -0.15) is 0 Å². The van der Waals surface area contributed by atoms with Crippen molar-refractivity contribution < 1.29 is 14.6 Å². The lowest BCUT2D eigenvalue weighted by Gasteiger charge is -2.33. The van der Waals surface area contributed by atoms with E-state index in [0.29, 0.717) is 12.4 Å². The number of hydrogen-bond acceptors (Lipinski definition) is 5. The first-order valence-electron chi connectivity index (χ1n) is 8.84. The lowest BCUT2D eigenvalue weighted by atomic mass is 9.80. The van der Waals surface area contributed by atoms with Gasteiger partial charge >= 0.3 is 0 Å². The van der Waals surface area contributed by atoms with Gasteiger partial charge in [-0.1, -0.05) is 27.8 Å². The van der Waals surface area contributed by atoms with Crippen LogP contribution in [-0.2, 0) is 10.3 Å². The van der Waals surface area contributed by atoms with Crippen molar-refractivity contribution in [3.63, 3.8) is 0 Å². The van der Waals surface area contributed by atoms with Crippen LogP contribution in [0.5, 0.6) is 11.5 Å². The van der Waals surface area contributed by atoms with Gasteiger partial charge in [0.05, 0.1) is 0 Å². The molecule has 1 fully saturated rings. The van der Waals surface area contributed by atoms with Crippen LogP contribution in [0.15, 0.2) is 45.9 Å². The number of aliphatic imine (C=N–C) groups is 1. The Bertz CT molecular complexity index is 1050. The summed E-state index contributed by atoms with van der Waals surface area (Å²) in [4.78, 5) is 4.65. The highest BCUT2D eigenvalue weighted by atomic mass is 79.9. The van der Waals surface area contributed by atoms with Crippen molar-refractivity contribution in [3.05, 3.63) is 57.6 Å². The van der Waals surface area contributed by atoms with Crippen molar-refractivity contribution in [1.29, 1.82) is 0 Å². The standard InChI is InChI=1S/C21H17BrN2O3/c22-14-3-5-18-16(11-14)21(12-26-19(23)24-21)15-10-13(2-4-17(15)27-18)6-9-20(25)7-1-8-20/h2-5,10-11,25H,1,7-8,12H2,(H2,23,24). The van der Waals surface area contributed by atoms with Gasteiger partial charge in [-0.25, -0.2) is 4.99 Å². The summed E-state index contributed by atoms with van der Waals surface area (Å²) in [6.07, 6.45) is 2.48. The van der Waals surface area contributed by atoms with Crippen LogP contribution < -0.4 is 10.5 Å². The van der Waals surface area contributed by atoms with Gasteiger partial charge in [0.1, 0.15) is 23.7 Å². The number of fused-ring (bicyclic) bond motifs is 4. The van der Waals surface area contributed by atoms with E-state index in [1.807, 2.05) is 36.4 Å². The number of aliphatic hydroxyl groups is 1. The molecule has 0 amide bonds. The normalized spacial score (nSPS) is 23.7. The second-order valence-electron chi connectivity index (χ2n) is 7.19. The van der Waals surface area contributed by atoms with Crippen molar-refractivity contribution in [3.8, 4) is 23.3 Å². The number of nitrogens with zero attached hydrogens (tertiary/aromatic N) is 1. The van der Waals surface area contributed by atoms with E-state index in [1.54, 1.807) is 0 Å². The summed E-state index contributed by atoms with van der Waals surface area (Å²) in [7, 11) is 0. The van der Waals surface area contributed by atoms with E-state index in [1.165, 1.54) is 0 Å². The Kier molecular flexibility index (Phi) is 3.55. The van der Waals surface area contributed by atoms with Crippen LogP contribution in [0.25, 0.3) is 0 Å². The zero-order valence-corrected chi connectivity index (χ0v) is 16.0. The molecule has 2 aromatic carbocycles. The first-order valence-corrected chi connectivity index (χ1v) is 9.63. The number of nitrogens with two attached hydrogens (primary N) is 1. The first kappa shape index (κ1) is 16.7. The number of amidine groups is 1. The SMILES string of the molecule is NC1=NC2(CO1)c1cc(Br)ccc1Oc1ccc(C#CC3(O)CCC3)cc12. The molecule has 1 unspecified atom stereocenters. The Morgan fingerprint density at radius 2 is 1.85 bits per heavy atom. The number of ether oxygens (including phenoxy) is 2. The van der Waals surface area contributed by atoms with Crippen molar-refractivity contribution >= 4 is 22.0 Å². The molecule has 5 nitrogen and oxygen atoms in total. The number of hydrogen-bond donors (Lipinski definition) is 2. The molecule has 2 aliphatic heterocycles. The highest BCUT2D eigenvalue weighted by molar-refractivity contribution is 9.10. The molecular formula is C21H17BrN2O3. The van der Waals surface area contributed by atoms with Crippen LogP contribution in [0.3, 0.4) is 0 Å². The molecule has 27 heavy (non-hydrogen) atoms. The Morgan fingerprint density at radius 3 is 2.52 bits per heavy atom. The summed E-state index contributed by atoms with van der Waals surface area (Å²) < 4.78 is 12.6. The molecular weight excluding hydrogens is 408 g/mol. The van der Waals surface area contributed by atoms with E-state index >= 15 is 0 Å². The van der Waals surface area contributed by atoms with E-state index in [0.717, 1.165) is 46.2 Å². The minimum Gasteiger partial charge on any atom is -0.462 e. The molecule has 1 saturated carbocycles. The molecule has 6 heteroatoms. The third kappa shape index (κ3) is 2.61. The van der Waals surface area contributed by atoms with E-state index in [9.17, 15) is 5.11 Å². The average Bonchev–Trinajstić information content (AvgIpc) is 3.02. The minimum atomic E-state index is -0.847. The van der Waals surface area contributed by atoms with Gasteiger partial charge in [-0.15, -0.1) is 0 Å². The van der Waals surface area contributed by atoms with Crippen LogP contribution in [0.4, 0.5) is 0 Å². The molecule has 3 N–H and O–H groups in total. The van der Waals surface area contributed by atoms with Crippen molar-refractivity contribution in [1.82, 2.24) is 0 Å². The molecule has 3 aliphatic rings. The van der Waals surface area contributed by atoms with Gasteiger partial charge in [0.15, 0.2) is 5.54 Å². The topological polar surface area (TPSA) is 77.1 Å². The van der Waals surface area contributed by atoms with Gasteiger partial charge in [0, 0.05) is 21.2 Å². The summed E-state index contributed by atoms with van der Waals surface area (Å²) in [5.41, 5.74) is 6.84. The average molecular weight is 425 g/mol. The highest BCUT2D eigenvalue weighted by Crippen LogP contribution is 2.51. The predicted molar refractivity (Wildman–Crippen MR) is 105 cm³/mol. The van der Waals surface area contributed by atoms with Gasteiger partial charge < -0.3 is 20.3 Å². The van der Waals surface area contributed by atoms with Gasteiger partial charge in [0.2, 0.25) is 0 Å². The van der Waals surface area contributed by atoms with Gasteiger partial charge in [0.25, 0.3) is 6.02 Å². The monoisotopic (exact) mass is 424 g/mol. The maximum atomic E-state index is 10.2. The molecule has 5 rings (SSSR count). The molecule has 0 aromatic heterocycles. The first-order chi connectivity index (χ1) is 13.0. The zero-order chi connectivity index (χ0) is 18.6. The molecule has 136 valence electrons. The van der Waals surface area contributed by atoms with Crippen LogP contribution in [-0.4, -0.2) is 23.3 Å². The largest absolute Gasteiger partial charge is 0.462 e. The fourth-order valence-electron chi connectivity index (χ4n) is 3.73. The lowest BCUT2D eigenvalue weighted by Crippen LogP contribution is -2.34. The Labute approximate surface area is 165 Å². The van der Waals surface area contributed by atoms with Gasteiger partial charge in [-0.3, -0.25) is 0 Å². The van der Waals surface area contributed by atoms with Gasteiger partial charge in [-0.05, 0) is 55.7 Å². The molecule has 2 heterocycles. The number of rotatable bonds is 0. The molecule has 0 radical (unpaired) electrons. The summed E-state index contributed by atoms with van der Waals surface area (Å²) in [5, 5.41) is 10.2. The molecule has 0 bridgehead atoms. The summed E-state index contributed by atoms with van der Waals surface area (Å²) >= 11 is 3.53. The highest BCUT2D eigenvalue weighted by Gasteiger charge is 2.47. The van der Waals surface area contributed by atoms with E-state index in [4.69, 9.17) is 15.2 Å². The van der Waals surface area contributed by atoms with Crippen LogP contribution in [0.1, 0.15) is 36.0 Å². The molecule has 2 aromatic rings.